The van der Waals surface area contributed by atoms with E-state index in [-0.39, 0.29) is 5.41 Å². The van der Waals surface area contributed by atoms with Crippen LogP contribution < -0.4 is 4.74 Å². The molecule has 0 fully saturated rings. The Kier molecular flexibility index (Phi) is 6.25. The lowest BCUT2D eigenvalue weighted by molar-refractivity contribution is 0.312. The maximum Gasteiger partial charge on any atom is 0.122 e. The van der Waals surface area contributed by atoms with Gasteiger partial charge in [-0.25, -0.2) is 0 Å². The second-order valence-corrected chi connectivity index (χ2v) is 6.78. The molecule has 0 spiro atoms. The fourth-order valence-corrected chi connectivity index (χ4v) is 2.13. The molecule has 0 radical (unpaired) electrons. The Bertz CT molecular complexity index is 393. The number of hydrogen-bond donors (Lipinski definition) is 1. The van der Waals surface area contributed by atoms with E-state index in [4.69, 9.17) is 4.74 Å². The van der Waals surface area contributed by atoms with Gasteiger partial charge in [0.1, 0.15) is 5.75 Å². The molecule has 1 unspecified atom stereocenters. The SMILES string of the molecule is CCCOc1ccc(C(C)(C)C)cc1CC(C)CS. The largest absolute Gasteiger partial charge is 0.493 e. The number of ether oxygens (including phenoxy) is 1. The number of rotatable bonds is 6. The topological polar surface area (TPSA) is 9.23 Å². The molecule has 1 rings (SSSR count). The fourth-order valence-electron chi connectivity index (χ4n) is 2.00. The molecule has 1 aromatic rings. The van der Waals surface area contributed by atoms with Gasteiger partial charge in [0, 0.05) is 0 Å². The van der Waals surface area contributed by atoms with Gasteiger partial charge in [-0.2, -0.15) is 12.6 Å². The molecular weight excluding hydrogens is 252 g/mol. The average Bonchev–Trinajstić information content (AvgIpc) is 2.35. The van der Waals surface area contributed by atoms with Gasteiger partial charge in [0.2, 0.25) is 0 Å². The van der Waals surface area contributed by atoms with Crippen LogP contribution in [0.25, 0.3) is 0 Å². The maximum absolute atomic E-state index is 5.87. The number of hydrogen-bond acceptors (Lipinski definition) is 2. The lowest BCUT2D eigenvalue weighted by atomic mass is 9.85. The molecule has 0 aliphatic rings. The number of thiol groups is 1. The first-order valence-corrected chi connectivity index (χ1v) is 7.88. The van der Waals surface area contributed by atoms with Crippen LogP contribution in [0.5, 0.6) is 5.75 Å². The van der Waals surface area contributed by atoms with Crippen molar-refractivity contribution in [1.82, 2.24) is 0 Å². The van der Waals surface area contributed by atoms with Gasteiger partial charge >= 0.3 is 0 Å². The molecule has 1 atom stereocenters. The molecule has 0 amide bonds. The Labute approximate surface area is 124 Å². The van der Waals surface area contributed by atoms with Crippen molar-refractivity contribution in [2.75, 3.05) is 12.4 Å². The Hall–Kier alpha value is -0.630. The molecule has 0 heterocycles. The van der Waals surface area contributed by atoms with Gasteiger partial charge in [0.15, 0.2) is 0 Å². The highest BCUT2D eigenvalue weighted by molar-refractivity contribution is 7.80. The molecule has 19 heavy (non-hydrogen) atoms. The van der Waals surface area contributed by atoms with Crippen LogP contribution in [-0.2, 0) is 11.8 Å². The summed E-state index contributed by atoms with van der Waals surface area (Å²) >= 11 is 4.39. The van der Waals surface area contributed by atoms with Gasteiger partial charge in [0.25, 0.3) is 0 Å². The molecule has 1 nitrogen and oxygen atoms in total. The third-order valence-corrected chi connectivity index (χ3v) is 3.89. The Morgan fingerprint density at radius 3 is 2.47 bits per heavy atom. The van der Waals surface area contributed by atoms with Crippen molar-refractivity contribution < 1.29 is 4.74 Å². The van der Waals surface area contributed by atoms with Gasteiger partial charge in [-0.1, -0.05) is 46.8 Å². The zero-order valence-corrected chi connectivity index (χ0v) is 13.9. The average molecular weight is 280 g/mol. The standard InChI is InChI=1S/C17H28OS/c1-6-9-18-16-8-7-15(17(3,4)5)11-14(16)10-13(2)12-19/h7-8,11,13,19H,6,9-10,12H2,1-5H3. The summed E-state index contributed by atoms with van der Waals surface area (Å²) < 4.78 is 5.87. The minimum Gasteiger partial charge on any atom is -0.493 e. The highest BCUT2D eigenvalue weighted by Crippen LogP contribution is 2.29. The van der Waals surface area contributed by atoms with Crippen LogP contribution in [0.3, 0.4) is 0 Å². The van der Waals surface area contributed by atoms with Crippen molar-refractivity contribution in [2.24, 2.45) is 5.92 Å². The molecule has 0 bridgehead atoms. The van der Waals surface area contributed by atoms with Crippen molar-refractivity contribution in [2.45, 2.75) is 52.9 Å². The molecule has 2 heteroatoms. The van der Waals surface area contributed by atoms with E-state index in [0.717, 1.165) is 31.0 Å². The van der Waals surface area contributed by atoms with Crippen molar-refractivity contribution in [3.8, 4) is 5.75 Å². The normalized spacial score (nSPS) is 13.4. The minimum absolute atomic E-state index is 0.183. The van der Waals surface area contributed by atoms with E-state index in [0.29, 0.717) is 5.92 Å². The minimum atomic E-state index is 0.183. The van der Waals surface area contributed by atoms with Crippen LogP contribution >= 0.6 is 12.6 Å². The summed E-state index contributed by atoms with van der Waals surface area (Å²) in [5.74, 6) is 2.53. The molecule has 1 aromatic carbocycles. The summed E-state index contributed by atoms with van der Waals surface area (Å²) in [6.45, 7) is 11.9. The van der Waals surface area contributed by atoms with Crippen molar-refractivity contribution >= 4 is 12.6 Å². The van der Waals surface area contributed by atoms with Crippen LogP contribution in [0.2, 0.25) is 0 Å². The van der Waals surface area contributed by atoms with Crippen molar-refractivity contribution in [3.63, 3.8) is 0 Å². The molecule has 0 N–H and O–H groups in total. The van der Waals surface area contributed by atoms with Gasteiger partial charge in [-0.3, -0.25) is 0 Å². The highest BCUT2D eigenvalue weighted by atomic mass is 32.1. The predicted octanol–water partition coefficient (Wildman–Crippen LogP) is 4.88. The van der Waals surface area contributed by atoms with Gasteiger partial charge < -0.3 is 4.74 Å². The fraction of sp³-hybridized carbons (Fsp3) is 0.647. The first kappa shape index (κ1) is 16.4. The van der Waals surface area contributed by atoms with E-state index in [1.807, 2.05) is 0 Å². The lowest BCUT2D eigenvalue weighted by Crippen LogP contribution is -2.13. The van der Waals surface area contributed by atoms with Crippen LogP contribution in [-0.4, -0.2) is 12.4 Å². The summed E-state index contributed by atoms with van der Waals surface area (Å²) in [6, 6.07) is 6.64. The molecular formula is C17H28OS. The second kappa shape index (κ2) is 7.23. The summed E-state index contributed by atoms with van der Waals surface area (Å²) in [6.07, 6.45) is 2.08. The first-order chi connectivity index (χ1) is 8.88. The second-order valence-electron chi connectivity index (χ2n) is 6.41. The summed E-state index contributed by atoms with van der Waals surface area (Å²) in [5.41, 5.74) is 2.88. The third-order valence-electron chi connectivity index (χ3n) is 3.27. The van der Waals surface area contributed by atoms with E-state index in [2.05, 4.69) is 65.4 Å². The Morgan fingerprint density at radius 1 is 1.26 bits per heavy atom. The molecule has 0 saturated carbocycles. The molecule has 0 aromatic heterocycles. The quantitative estimate of drug-likeness (QED) is 0.731. The van der Waals surface area contributed by atoms with Gasteiger partial charge in [-0.15, -0.1) is 0 Å². The van der Waals surface area contributed by atoms with Crippen LogP contribution in [0, 0.1) is 5.92 Å². The Morgan fingerprint density at radius 2 is 1.95 bits per heavy atom. The van der Waals surface area contributed by atoms with Crippen LogP contribution in [0.15, 0.2) is 18.2 Å². The maximum atomic E-state index is 5.87. The molecule has 0 aliphatic heterocycles. The summed E-state index contributed by atoms with van der Waals surface area (Å²) in [5, 5.41) is 0. The predicted molar refractivity (Wildman–Crippen MR) is 87.6 cm³/mol. The lowest BCUT2D eigenvalue weighted by Gasteiger charge is -2.22. The zero-order chi connectivity index (χ0) is 14.5. The third kappa shape index (κ3) is 5.10. The van der Waals surface area contributed by atoms with Crippen molar-refractivity contribution in [3.05, 3.63) is 29.3 Å². The van der Waals surface area contributed by atoms with Crippen LogP contribution in [0.4, 0.5) is 0 Å². The van der Waals surface area contributed by atoms with Crippen molar-refractivity contribution in [1.29, 1.82) is 0 Å². The smallest absolute Gasteiger partial charge is 0.122 e. The molecule has 108 valence electrons. The van der Waals surface area contributed by atoms with E-state index >= 15 is 0 Å². The van der Waals surface area contributed by atoms with E-state index in [1.54, 1.807) is 0 Å². The van der Waals surface area contributed by atoms with Gasteiger partial charge in [0.05, 0.1) is 6.61 Å². The molecule has 0 aliphatic carbocycles. The Balaban J connectivity index is 3.03. The first-order valence-electron chi connectivity index (χ1n) is 7.25. The van der Waals surface area contributed by atoms with E-state index in [1.165, 1.54) is 11.1 Å². The zero-order valence-electron chi connectivity index (χ0n) is 13.0. The van der Waals surface area contributed by atoms with E-state index < -0.39 is 0 Å². The summed E-state index contributed by atoms with van der Waals surface area (Å²) in [7, 11) is 0. The number of benzene rings is 1. The van der Waals surface area contributed by atoms with Crippen LogP contribution in [0.1, 0.15) is 52.2 Å². The van der Waals surface area contributed by atoms with Gasteiger partial charge in [-0.05, 0) is 47.1 Å². The molecule has 0 saturated heterocycles. The summed E-state index contributed by atoms with van der Waals surface area (Å²) in [4.78, 5) is 0. The monoisotopic (exact) mass is 280 g/mol. The highest BCUT2D eigenvalue weighted by Gasteiger charge is 2.17. The van der Waals surface area contributed by atoms with E-state index in [9.17, 15) is 0 Å².